The van der Waals surface area contributed by atoms with Crippen molar-refractivity contribution < 1.29 is 0 Å². The van der Waals surface area contributed by atoms with Gasteiger partial charge < -0.3 is 0 Å². The van der Waals surface area contributed by atoms with E-state index in [1.807, 2.05) is 0 Å². The molecule has 156 valence electrons. The van der Waals surface area contributed by atoms with E-state index in [1.54, 1.807) is 73.7 Å². The van der Waals surface area contributed by atoms with Gasteiger partial charge in [0.25, 0.3) is 0 Å². The number of hydrogen-bond donors (Lipinski definition) is 1. The Morgan fingerprint density at radius 3 is 1.97 bits per heavy atom. The number of nitrogens with zero attached hydrogens (tertiary/aromatic N) is 5. The highest BCUT2D eigenvalue weighted by atomic mass is 16.2. The fourth-order valence-electron chi connectivity index (χ4n) is 3.84. The molecule has 31 heavy (non-hydrogen) atoms. The van der Waals surface area contributed by atoms with Crippen LogP contribution >= 0.6 is 0 Å². The molecule has 10 nitrogen and oxygen atoms in total. The van der Waals surface area contributed by atoms with Gasteiger partial charge in [-0.15, -0.1) is 0 Å². The average molecular weight is 418 g/mol. The molecule has 1 atom stereocenters. The van der Waals surface area contributed by atoms with Crippen molar-refractivity contribution in [1.82, 2.24) is 28.3 Å². The van der Waals surface area contributed by atoms with Crippen LogP contribution < -0.4 is 22.8 Å². The van der Waals surface area contributed by atoms with Crippen LogP contribution in [0.1, 0.15) is 6.92 Å². The van der Waals surface area contributed by atoms with E-state index in [0.717, 1.165) is 9.13 Å². The van der Waals surface area contributed by atoms with E-state index in [1.165, 1.54) is 20.2 Å². The van der Waals surface area contributed by atoms with E-state index in [0.29, 0.717) is 11.4 Å². The third-order valence-corrected chi connectivity index (χ3v) is 5.44. The van der Waals surface area contributed by atoms with Crippen molar-refractivity contribution >= 4 is 6.20 Å². The number of hydrogen-bond acceptors (Lipinski definition) is 4. The van der Waals surface area contributed by atoms with Gasteiger partial charge in [0, 0.05) is 6.20 Å². The maximum absolute atomic E-state index is 13.1. The van der Waals surface area contributed by atoms with Crippen molar-refractivity contribution in [2.45, 2.75) is 19.0 Å². The molecular weight excluding hydrogens is 400 g/mol. The van der Waals surface area contributed by atoms with Gasteiger partial charge in [0.2, 0.25) is 0 Å². The number of allylic oxidation sites excluding steroid dienone is 1. The van der Waals surface area contributed by atoms with E-state index in [2.05, 4.69) is 5.10 Å². The van der Waals surface area contributed by atoms with Crippen molar-refractivity contribution in [2.24, 2.45) is 0 Å². The summed E-state index contributed by atoms with van der Waals surface area (Å²) < 4.78 is 5.73. The summed E-state index contributed by atoms with van der Waals surface area (Å²) in [5.74, 6) is 0. The molecule has 1 aliphatic rings. The first kappa shape index (κ1) is 18.7. The fraction of sp³-hybridized carbons (Fsp3) is 0.143. The predicted molar refractivity (Wildman–Crippen MR) is 114 cm³/mol. The van der Waals surface area contributed by atoms with E-state index in [9.17, 15) is 19.2 Å². The Morgan fingerprint density at radius 2 is 1.35 bits per heavy atom. The molecular formula is C21H18N6O4. The SMILES string of the molecule is CC1(n2[nH]c(=O)n(-c3ccccc3)c2=O)C=Cn2c(=O)n(-c3ccccc3)c(=O)n2C1. The van der Waals surface area contributed by atoms with Crippen molar-refractivity contribution in [1.29, 1.82) is 0 Å². The van der Waals surface area contributed by atoms with Crippen LogP contribution in [0.5, 0.6) is 0 Å². The summed E-state index contributed by atoms with van der Waals surface area (Å²) in [5, 5.41) is 2.58. The largest absolute Gasteiger partial charge is 0.356 e. The zero-order valence-electron chi connectivity index (χ0n) is 16.5. The maximum Gasteiger partial charge on any atom is 0.356 e. The van der Waals surface area contributed by atoms with Gasteiger partial charge in [-0.1, -0.05) is 36.4 Å². The summed E-state index contributed by atoms with van der Waals surface area (Å²) in [4.78, 5) is 51.5. The first-order valence-corrected chi connectivity index (χ1v) is 9.60. The third-order valence-electron chi connectivity index (χ3n) is 5.44. The van der Waals surface area contributed by atoms with E-state index in [-0.39, 0.29) is 6.54 Å². The normalized spacial score (nSPS) is 17.6. The molecule has 0 amide bonds. The molecule has 0 spiro atoms. The highest BCUT2D eigenvalue weighted by Crippen LogP contribution is 2.20. The Morgan fingerprint density at radius 1 is 0.774 bits per heavy atom. The minimum Gasteiger partial charge on any atom is -0.246 e. The minimum absolute atomic E-state index is 0.0218. The van der Waals surface area contributed by atoms with Crippen LogP contribution in [0.25, 0.3) is 17.6 Å². The van der Waals surface area contributed by atoms with E-state index in [4.69, 9.17) is 0 Å². The minimum atomic E-state index is -1.07. The summed E-state index contributed by atoms with van der Waals surface area (Å²) in [6, 6.07) is 17.1. The maximum atomic E-state index is 13.1. The second-order valence-corrected chi connectivity index (χ2v) is 7.52. The lowest BCUT2D eigenvalue weighted by Gasteiger charge is -2.29. The molecule has 0 fully saturated rings. The van der Waals surface area contributed by atoms with Crippen molar-refractivity contribution in [3.05, 3.63) is 109 Å². The van der Waals surface area contributed by atoms with Gasteiger partial charge in [0.15, 0.2) is 0 Å². The number of para-hydroxylation sites is 2. The molecule has 1 N–H and O–H groups in total. The highest BCUT2D eigenvalue weighted by Gasteiger charge is 2.34. The van der Waals surface area contributed by atoms with Crippen LogP contribution in [0.15, 0.2) is 85.9 Å². The molecule has 2 aromatic heterocycles. The van der Waals surface area contributed by atoms with Gasteiger partial charge in [-0.3, -0.25) is 0 Å². The molecule has 5 rings (SSSR count). The van der Waals surface area contributed by atoms with Crippen LogP contribution in [0, 0.1) is 0 Å². The molecule has 0 saturated carbocycles. The van der Waals surface area contributed by atoms with Gasteiger partial charge >= 0.3 is 22.8 Å². The second-order valence-electron chi connectivity index (χ2n) is 7.52. The summed E-state index contributed by atoms with van der Waals surface area (Å²) >= 11 is 0. The zero-order valence-corrected chi connectivity index (χ0v) is 16.5. The quantitative estimate of drug-likeness (QED) is 0.518. The number of fused-ring (bicyclic) bond motifs is 1. The van der Waals surface area contributed by atoms with Gasteiger partial charge in [-0.05, 0) is 37.3 Å². The standard InChI is InChI=1S/C21H18N6O4/c1-21(27-20(31)25(17(28)22-27)15-8-4-2-5-9-15)12-13-23-18(29)26(19(30)24(23)14-21)16-10-6-3-7-11-16/h2-13H,14H2,1H3,(H,22,28). The second kappa shape index (κ2) is 6.59. The lowest BCUT2D eigenvalue weighted by atomic mass is 10.0. The Bertz CT molecular complexity index is 1550. The number of rotatable bonds is 3. The van der Waals surface area contributed by atoms with Crippen LogP contribution in [0.4, 0.5) is 0 Å². The first-order chi connectivity index (χ1) is 14.9. The lowest BCUT2D eigenvalue weighted by Crippen LogP contribution is -2.46. The summed E-state index contributed by atoms with van der Waals surface area (Å²) in [7, 11) is 0. The first-order valence-electron chi connectivity index (χ1n) is 9.60. The number of H-pyrrole nitrogens is 1. The summed E-state index contributed by atoms with van der Waals surface area (Å²) in [6.07, 6.45) is 3.06. The number of aromatic amines is 1. The molecule has 0 bridgehead atoms. The molecule has 1 aliphatic heterocycles. The summed E-state index contributed by atoms with van der Waals surface area (Å²) in [6.45, 7) is 1.68. The number of benzene rings is 2. The lowest BCUT2D eigenvalue weighted by molar-refractivity contribution is 0.269. The number of nitrogens with one attached hydrogen (secondary N) is 1. The Kier molecular flexibility index (Phi) is 3.97. The molecule has 3 heterocycles. The van der Waals surface area contributed by atoms with Crippen molar-refractivity contribution in [2.75, 3.05) is 0 Å². The smallest absolute Gasteiger partial charge is 0.246 e. The molecule has 10 heteroatoms. The van der Waals surface area contributed by atoms with Crippen LogP contribution in [0.3, 0.4) is 0 Å². The zero-order chi connectivity index (χ0) is 21.8. The molecule has 2 aromatic carbocycles. The van der Waals surface area contributed by atoms with Crippen molar-refractivity contribution in [3.63, 3.8) is 0 Å². The van der Waals surface area contributed by atoms with Crippen molar-refractivity contribution in [3.8, 4) is 11.4 Å². The molecule has 4 aromatic rings. The van der Waals surface area contributed by atoms with E-state index >= 15 is 0 Å². The molecule has 1 unspecified atom stereocenters. The van der Waals surface area contributed by atoms with Gasteiger partial charge in [-0.2, -0.15) is 0 Å². The Balaban J connectivity index is 1.64. The van der Waals surface area contributed by atoms with Crippen LogP contribution in [0.2, 0.25) is 0 Å². The topological polar surface area (TPSA) is 109 Å². The predicted octanol–water partition coefficient (Wildman–Crippen LogP) is 0.341. The average Bonchev–Trinajstić information content (AvgIpc) is 3.22. The van der Waals surface area contributed by atoms with Gasteiger partial charge in [0.05, 0.1) is 17.9 Å². The third kappa shape index (κ3) is 2.72. The summed E-state index contributed by atoms with van der Waals surface area (Å²) in [5.41, 5.74) is -2.42. The van der Waals surface area contributed by atoms with Gasteiger partial charge in [-0.25, -0.2) is 47.5 Å². The van der Waals surface area contributed by atoms with E-state index < -0.39 is 28.3 Å². The van der Waals surface area contributed by atoms with Gasteiger partial charge in [0.1, 0.15) is 5.54 Å². The van der Waals surface area contributed by atoms with Crippen LogP contribution in [-0.4, -0.2) is 28.3 Å². The molecule has 0 saturated heterocycles. The molecule has 0 radical (unpaired) electrons. The highest BCUT2D eigenvalue weighted by molar-refractivity contribution is 5.34. The Hall–Kier alpha value is -4.34. The molecule has 0 aliphatic carbocycles. The monoisotopic (exact) mass is 418 g/mol. The van der Waals surface area contributed by atoms with Crippen LogP contribution in [-0.2, 0) is 12.1 Å². The number of aromatic nitrogens is 6. The fourth-order valence-corrected chi connectivity index (χ4v) is 3.84. The Labute approximate surface area is 174 Å².